The van der Waals surface area contributed by atoms with Crippen molar-refractivity contribution in [3.05, 3.63) is 81.7 Å². The van der Waals surface area contributed by atoms with Crippen LogP contribution in [0.1, 0.15) is 48.5 Å². The number of halogens is 1. The number of allylic oxidation sites excluding steroid dienone is 8. The van der Waals surface area contributed by atoms with Crippen LogP contribution >= 0.6 is 0 Å². The normalized spacial score (nSPS) is 15.4. The first kappa shape index (κ1) is 28.6. The number of nitroso groups, excluding NO2 is 1. The zero-order valence-electron chi connectivity index (χ0n) is 20.2. The fraction of sp³-hybridized carbons (Fsp3) is 0.360. The summed E-state index contributed by atoms with van der Waals surface area (Å²) in [7, 11) is 1.66. The van der Waals surface area contributed by atoms with Crippen molar-refractivity contribution in [2.24, 2.45) is 15.2 Å². The molecule has 0 aromatic rings. The summed E-state index contributed by atoms with van der Waals surface area (Å²) in [6, 6.07) is -0.330. The minimum atomic E-state index is -0.536. The third kappa shape index (κ3) is 8.74. The van der Waals surface area contributed by atoms with E-state index in [2.05, 4.69) is 20.9 Å². The second-order valence-corrected chi connectivity index (χ2v) is 6.84. The first-order chi connectivity index (χ1) is 15.2. The van der Waals surface area contributed by atoms with Gasteiger partial charge in [0.25, 0.3) is 0 Å². The van der Waals surface area contributed by atoms with E-state index in [1.807, 2.05) is 34.6 Å². The number of rotatable bonds is 11. The molecule has 1 amide bonds. The van der Waals surface area contributed by atoms with E-state index >= 15 is 0 Å². The van der Waals surface area contributed by atoms with Crippen molar-refractivity contribution < 1.29 is 9.18 Å². The maximum atomic E-state index is 14.7. The van der Waals surface area contributed by atoms with Gasteiger partial charge in [0.05, 0.1) is 18.0 Å². The zero-order chi connectivity index (χ0) is 24.7. The van der Waals surface area contributed by atoms with E-state index in [1.165, 1.54) is 23.1 Å². The number of nitrogens with zero attached hydrogens (tertiary/aromatic N) is 4. The lowest BCUT2D eigenvalue weighted by Crippen LogP contribution is -2.33. The quantitative estimate of drug-likeness (QED) is 0.123. The van der Waals surface area contributed by atoms with Crippen LogP contribution in [-0.2, 0) is 4.79 Å². The number of carbonyl (C=O) groups excluding carboxylic acids is 1. The predicted molar refractivity (Wildman–Crippen MR) is 132 cm³/mol. The highest BCUT2D eigenvalue weighted by atomic mass is 19.1. The molecule has 6 nitrogen and oxygen atoms in total. The van der Waals surface area contributed by atoms with Gasteiger partial charge in [0, 0.05) is 23.9 Å². The Morgan fingerprint density at radius 3 is 2.22 bits per heavy atom. The molecule has 0 aliphatic rings. The molecule has 0 aromatic carbocycles. The molecule has 0 aliphatic heterocycles. The Bertz CT molecular complexity index is 956. The molecule has 0 saturated heterocycles. The molecule has 0 radical (unpaired) electrons. The topological polar surface area (TPSA) is 74.5 Å². The lowest BCUT2D eigenvalue weighted by Gasteiger charge is -2.27. The summed E-state index contributed by atoms with van der Waals surface area (Å²) < 4.78 is 14.7. The average molecular weight is 441 g/mol. The van der Waals surface area contributed by atoms with Crippen LogP contribution in [0.15, 0.2) is 91.9 Å². The molecule has 0 spiro atoms. The molecular weight excluding hydrogens is 407 g/mol. The molecule has 0 fully saturated rings. The van der Waals surface area contributed by atoms with Crippen LogP contribution in [0.4, 0.5) is 4.39 Å². The van der Waals surface area contributed by atoms with Crippen LogP contribution < -0.4 is 0 Å². The van der Waals surface area contributed by atoms with Crippen LogP contribution in [0, 0.1) is 4.91 Å². The van der Waals surface area contributed by atoms with Crippen molar-refractivity contribution >= 4 is 17.8 Å². The van der Waals surface area contributed by atoms with E-state index in [-0.39, 0.29) is 11.6 Å². The summed E-state index contributed by atoms with van der Waals surface area (Å²) in [6.07, 6.45) is 10.8. The van der Waals surface area contributed by atoms with Crippen molar-refractivity contribution in [2.45, 2.75) is 54.5 Å². The number of hydrogen-bond donors (Lipinski definition) is 0. The largest absolute Gasteiger partial charge is 0.293 e. The van der Waals surface area contributed by atoms with Crippen molar-refractivity contribution in [3.63, 3.8) is 0 Å². The minimum absolute atomic E-state index is 0.266. The SMILES string of the molecule is CC=C=C(C)C(C)N(C=O)/C(N=C(/C=C\C)\C(C)=C(F)/C=C\C=C\N=O)=C(/C)C(C)=NC. The van der Waals surface area contributed by atoms with E-state index in [1.54, 1.807) is 39.1 Å². The van der Waals surface area contributed by atoms with Gasteiger partial charge in [0.15, 0.2) is 0 Å². The molecule has 172 valence electrons. The second-order valence-electron chi connectivity index (χ2n) is 6.84. The fourth-order valence-electron chi connectivity index (χ4n) is 2.54. The zero-order valence-corrected chi connectivity index (χ0v) is 20.2. The van der Waals surface area contributed by atoms with Gasteiger partial charge >= 0.3 is 0 Å². The molecular formula is C25H33FN4O2. The molecule has 0 N–H and O–H groups in total. The van der Waals surface area contributed by atoms with E-state index in [4.69, 9.17) is 0 Å². The standard InChI is InChI=1S/C25H33FN4O2/c1-9-13-18(3)22(7)30(17-31)25(19(4)21(6)27-8)29-24(14-10-2)20(5)23(26)15-11-12-16-28-32/h9-12,14-17,22H,1-8H3/b14-10-,15-11-,16-12+,23-20+,25-19-,27-21?,29-24?. The molecule has 1 atom stereocenters. The molecule has 0 rings (SSSR count). The number of hydrogen-bond acceptors (Lipinski definition) is 5. The van der Waals surface area contributed by atoms with Gasteiger partial charge in [0.2, 0.25) is 6.41 Å². The summed E-state index contributed by atoms with van der Waals surface area (Å²) in [6.45, 7) is 12.6. The van der Waals surface area contributed by atoms with Crippen LogP contribution in [-0.4, -0.2) is 35.8 Å². The smallest absolute Gasteiger partial charge is 0.215 e. The molecule has 0 saturated carbocycles. The van der Waals surface area contributed by atoms with E-state index in [0.717, 1.165) is 11.8 Å². The Balaban J connectivity index is 6.94. The highest BCUT2D eigenvalue weighted by Crippen LogP contribution is 2.22. The Labute approximate surface area is 190 Å². The van der Waals surface area contributed by atoms with Crippen LogP contribution in [0.2, 0.25) is 0 Å². The first-order valence-corrected chi connectivity index (χ1v) is 10.2. The summed E-state index contributed by atoms with van der Waals surface area (Å²) in [5, 5.41) is 2.58. The number of amides is 1. The van der Waals surface area contributed by atoms with Gasteiger partial charge in [0.1, 0.15) is 11.6 Å². The molecule has 0 heterocycles. The minimum Gasteiger partial charge on any atom is -0.293 e. The maximum Gasteiger partial charge on any atom is 0.215 e. The summed E-state index contributed by atoms with van der Waals surface area (Å²) >= 11 is 0. The Hall–Kier alpha value is -3.44. The van der Waals surface area contributed by atoms with Crippen LogP contribution in [0.3, 0.4) is 0 Å². The van der Waals surface area contributed by atoms with Gasteiger partial charge in [-0.3, -0.25) is 14.7 Å². The van der Waals surface area contributed by atoms with Gasteiger partial charge in [-0.25, -0.2) is 9.38 Å². The second kappa shape index (κ2) is 15.4. The summed E-state index contributed by atoms with van der Waals surface area (Å²) in [5.74, 6) is -0.173. The van der Waals surface area contributed by atoms with E-state index < -0.39 is 5.83 Å². The van der Waals surface area contributed by atoms with Crippen molar-refractivity contribution in [1.82, 2.24) is 4.90 Å². The third-order valence-corrected chi connectivity index (χ3v) is 4.78. The molecule has 7 heteroatoms. The van der Waals surface area contributed by atoms with Crippen molar-refractivity contribution in [2.75, 3.05) is 7.05 Å². The molecule has 0 aromatic heterocycles. The lowest BCUT2D eigenvalue weighted by atomic mass is 10.1. The van der Waals surface area contributed by atoms with Crippen LogP contribution in [0.25, 0.3) is 0 Å². The molecule has 0 bridgehead atoms. The summed E-state index contributed by atoms with van der Waals surface area (Å²) in [4.78, 5) is 32.6. The highest BCUT2D eigenvalue weighted by Gasteiger charge is 2.21. The van der Waals surface area contributed by atoms with Crippen molar-refractivity contribution in [3.8, 4) is 0 Å². The predicted octanol–water partition coefficient (Wildman–Crippen LogP) is 6.37. The van der Waals surface area contributed by atoms with E-state index in [0.29, 0.717) is 29.2 Å². The van der Waals surface area contributed by atoms with Gasteiger partial charge in [-0.2, -0.15) is 0 Å². The summed E-state index contributed by atoms with van der Waals surface area (Å²) in [5.41, 5.74) is 5.95. The molecule has 0 aliphatic carbocycles. The Morgan fingerprint density at radius 1 is 1.06 bits per heavy atom. The molecule has 1 unspecified atom stereocenters. The van der Waals surface area contributed by atoms with Crippen molar-refractivity contribution in [1.29, 1.82) is 0 Å². The first-order valence-electron chi connectivity index (χ1n) is 10.2. The van der Waals surface area contributed by atoms with Crippen LogP contribution in [0.5, 0.6) is 0 Å². The van der Waals surface area contributed by atoms with Gasteiger partial charge in [-0.15, -0.1) is 10.6 Å². The average Bonchev–Trinajstić information content (AvgIpc) is 2.79. The monoisotopic (exact) mass is 440 g/mol. The van der Waals surface area contributed by atoms with Gasteiger partial charge in [-0.05, 0) is 83.5 Å². The lowest BCUT2D eigenvalue weighted by molar-refractivity contribution is -0.117. The fourth-order valence-corrected chi connectivity index (χ4v) is 2.54. The number of carbonyl (C=O) groups is 1. The van der Waals surface area contributed by atoms with E-state index in [9.17, 15) is 14.1 Å². The Morgan fingerprint density at radius 2 is 1.72 bits per heavy atom. The number of aliphatic imine (C=N–C) groups is 2. The molecule has 32 heavy (non-hydrogen) atoms. The third-order valence-electron chi connectivity index (χ3n) is 4.78. The highest BCUT2D eigenvalue weighted by molar-refractivity contribution is 6.09. The Kier molecular flexibility index (Phi) is 13.7. The van der Waals surface area contributed by atoms with Gasteiger partial charge < -0.3 is 0 Å². The van der Waals surface area contributed by atoms with Gasteiger partial charge in [-0.1, -0.05) is 12.2 Å². The maximum absolute atomic E-state index is 14.7.